The number of hydrogen-bond acceptors (Lipinski definition) is 5. The summed E-state index contributed by atoms with van der Waals surface area (Å²) in [6.07, 6.45) is -3.51. The molecule has 3 rings (SSSR count). The smallest absolute Gasteiger partial charge is 0.368 e. The molecule has 12 heteroatoms. The molecule has 1 atom stereocenters. The van der Waals surface area contributed by atoms with E-state index < -0.39 is 51.9 Å². The van der Waals surface area contributed by atoms with Crippen molar-refractivity contribution in [2.45, 2.75) is 32.0 Å². The SMILES string of the molecule is Cc1ccccc1N(CC(=O)Nc1ccc(NC(=O)C2CCCO2)cc1C(F)(F)F)S(C)(=O)=O. The summed E-state index contributed by atoms with van der Waals surface area (Å²) in [4.78, 5) is 24.8. The van der Waals surface area contributed by atoms with E-state index in [9.17, 15) is 31.2 Å². The van der Waals surface area contributed by atoms with Crippen LogP contribution in [-0.4, -0.2) is 45.7 Å². The zero-order valence-electron chi connectivity index (χ0n) is 18.5. The lowest BCUT2D eigenvalue weighted by Crippen LogP contribution is -2.38. The first-order valence-corrected chi connectivity index (χ1v) is 12.2. The number of anilines is 3. The second kappa shape index (κ2) is 10.0. The molecule has 2 amide bonds. The van der Waals surface area contributed by atoms with Crippen LogP contribution in [0.1, 0.15) is 24.0 Å². The van der Waals surface area contributed by atoms with E-state index in [2.05, 4.69) is 10.6 Å². The van der Waals surface area contributed by atoms with Gasteiger partial charge in [0, 0.05) is 12.3 Å². The average molecular weight is 500 g/mol. The van der Waals surface area contributed by atoms with Gasteiger partial charge in [-0.15, -0.1) is 0 Å². The maximum atomic E-state index is 13.7. The van der Waals surface area contributed by atoms with Crippen LogP contribution in [0, 0.1) is 6.92 Å². The Balaban J connectivity index is 1.82. The largest absolute Gasteiger partial charge is 0.418 e. The highest BCUT2D eigenvalue weighted by Crippen LogP contribution is 2.37. The summed E-state index contributed by atoms with van der Waals surface area (Å²) in [5, 5.41) is 4.53. The number of alkyl halides is 3. The third-order valence-electron chi connectivity index (χ3n) is 5.16. The number of hydrogen-bond donors (Lipinski definition) is 2. The minimum Gasteiger partial charge on any atom is -0.368 e. The Labute approximate surface area is 195 Å². The predicted molar refractivity (Wildman–Crippen MR) is 121 cm³/mol. The highest BCUT2D eigenvalue weighted by atomic mass is 32.2. The first kappa shape index (κ1) is 25.5. The highest BCUT2D eigenvalue weighted by molar-refractivity contribution is 7.92. The molecule has 1 aliphatic rings. The van der Waals surface area contributed by atoms with Crippen LogP contribution in [0.15, 0.2) is 42.5 Å². The fourth-order valence-corrected chi connectivity index (χ4v) is 4.43. The van der Waals surface area contributed by atoms with Gasteiger partial charge in [0.1, 0.15) is 12.6 Å². The van der Waals surface area contributed by atoms with Gasteiger partial charge in [-0.05, 0) is 49.6 Å². The van der Waals surface area contributed by atoms with Crippen LogP contribution in [0.5, 0.6) is 0 Å². The summed E-state index contributed by atoms with van der Waals surface area (Å²) in [6.45, 7) is 1.33. The van der Waals surface area contributed by atoms with Crippen molar-refractivity contribution in [1.29, 1.82) is 0 Å². The van der Waals surface area contributed by atoms with E-state index in [1.165, 1.54) is 12.1 Å². The molecule has 34 heavy (non-hydrogen) atoms. The molecule has 8 nitrogen and oxygen atoms in total. The second-order valence-corrected chi connectivity index (χ2v) is 9.76. The zero-order chi connectivity index (χ0) is 25.1. The van der Waals surface area contributed by atoms with Gasteiger partial charge >= 0.3 is 6.18 Å². The van der Waals surface area contributed by atoms with Crippen molar-refractivity contribution in [3.8, 4) is 0 Å². The fourth-order valence-electron chi connectivity index (χ4n) is 3.52. The zero-order valence-corrected chi connectivity index (χ0v) is 19.3. The standard InChI is InChI=1S/C22H24F3N3O5S/c1-14-6-3-4-7-18(14)28(34(2,31)32)13-20(29)27-17-10-9-15(12-16(17)22(23,24)25)26-21(30)19-8-5-11-33-19/h3-4,6-7,9-10,12,19H,5,8,11,13H2,1-2H3,(H,26,30)(H,27,29). The van der Waals surface area contributed by atoms with Gasteiger partial charge < -0.3 is 15.4 Å². The van der Waals surface area contributed by atoms with E-state index in [4.69, 9.17) is 4.74 Å². The number of para-hydroxylation sites is 1. The van der Waals surface area contributed by atoms with Gasteiger partial charge in [0.05, 0.1) is 23.2 Å². The molecule has 2 aromatic rings. The van der Waals surface area contributed by atoms with E-state index in [0.29, 0.717) is 31.1 Å². The molecule has 1 fully saturated rings. The third kappa shape index (κ3) is 6.26. The van der Waals surface area contributed by atoms with Gasteiger partial charge in [-0.3, -0.25) is 13.9 Å². The summed E-state index contributed by atoms with van der Waals surface area (Å²) in [5.74, 6) is -1.51. The van der Waals surface area contributed by atoms with Crippen molar-refractivity contribution in [2.24, 2.45) is 0 Å². The topological polar surface area (TPSA) is 105 Å². The van der Waals surface area contributed by atoms with Crippen LogP contribution >= 0.6 is 0 Å². The highest BCUT2D eigenvalue weighted by Gasteiger charge is 2.35. The van der Waals surface area contributed by atoms with E-state index in [1.807, 2.05) is 0 Å². The molecule has 1 saturated heterocycles. The minimum absolute atomic E-state index is 0.108. The summed E-state index contributed by atoms with van der Waals surface area (Å²) < 4.78 is 71.7. The summed E-state index contributed by atoms with van der Waals surface area (Å²) >= 11 is 0. The normalized spacial score (nSPS) is 16.2. The van der Waals surface area contributed by atoms with Crippen molar-refractivity contribution >= 4 is 38.9 Å². The van der Waals surface area contributed by atoms with Gasteiger partial charge in [0.2, 0.25) is 15.9 Å². The third-order valence-corrected chi connectivity index (χ3v) is 6.29. The molecule has 1 unspecified atom stereocenters. The molecule has 2 N–H and O–H groups in total. The van der Waals surface area contributed by atoms with Crippen LogP contribution in [-0.2, 0) is 30.5 Å². The van der Waals surface area contributed by atoms with Crippen molar-refractivity contribution in [3.63, 3.8) is 0 Å². The van der Waals surface area contributed by atoms with E-state index in [1.54, 1.807) is 25.1 Å². The number of ether oxygens (including phenoxy) is 1. The first-order chi connectivity index (χ1) is 15.9. The van der Waals surface area contributed by atoms with Crippen LogP contribution in [0.3, 0.4) is 0 Å². The van der Waals surface area contributed by atoms with Crippen LogP contribution in [0.2, 0.25) is 0 Å². The van der Waals surface area contributed by atoms with Crippen molar-refractivity contribution in [2.75, 3.05) is 34.3 Å². The molecule has 1 aliphatic heterocycles. The average Bonchev–Trinajstić information content (AvgIpc) is 3.27. The van der Waals surface area contributed by atoms with Gasteiger partial charge in [-0.1, -0.05) is 18.2 Å². The molecule has 0 aliphatic carbocycles. The number of carbonyl (C=O) groups excluding carboxylic acids is 2. The first-order valence-electron chi connectivity index (χ1n) is 10.3. The Hall–Kier alpha value is -3.12. The molecule has 0 bridgehead atoms. The molecule has 1 heterocycles. The monoisotopic (exact) mass is 499 g/mol. The lowest BCUT2D eigenvalue weighted by Gasteiger charge is -2.24. The minimum atomic E-state index is -4.85. The van der Waals surface area contributed by atoms with E-state index >= 15 is 0 Å². The molecular weight excluding hydrogens is 475 g/mol. The van der Waals surface area contributed by atoms with Gasteiger partial charge in [0.15, 0.2) is 0 Å². The number of carbonyl (C=O) groups is 2. The Bertz CT molecular complexity index is 1180. The number of nitrogens with one attached hydrogen (secondary N) is 2. The Morgan fingerprint density at radius 3 is 2.44 bits per heavy atom. The molecule has 184 valence electrons. The van der Waals surface area contributed by atoms with Gasteiger partial charge in [-0.2, -0.15) is 13.2 Å². The van der Waals surface area contributed by atoms with Crippen molar-refractivity contribution in [3.05, 3.63) is 53.6 Å². The van der Waals surface area contributed by atoms with Crippen LogP contribution in [0.4, 0.5) is 30.2 Å². The van der Waals surface area contributed by atoms with Gasteiger partial charge in [-0.25, -0.2) is 8.42 Å². The number of sulfonamides is 1. The Morgan fingerprint density at radius 2 is 1.85 bits per heavy atom. The maximum absolute atomic E-state index is 13.7. The van der Waals surface area contributed by atoms with E-state index in [0.717, 1.165) is 16.6 Å². The maximum Gasteiger partial charge on any atom is 0.418 e. The number of amides is 2. The number of nitrogens with zero attached hydrogens (tertiary/aromatic N) is 1. The number of aryl methyl sites for hydroxylation is 1. The summed E-state index contributed by atoms with van der Waals surface area (Å²) in [6, 6.07) is 9.35. The molecule has 0 saturated carbocycles. The number of benzene rings is 2. The van der Waals surface area contributed by atoms with Crippen molar-refractivity contribution < 1.29 is 35.9 Å². The number of halogens is 3. The van der Waals surface area contributed by atoms with Crippen LogP contribution < -0.4 is 14.9 Å². The van der Waals surface area contributed by atoms with Crippen molar-refractivity contribution in [1.82, 2.24) is 0 Å². The summed E-state index contributed by atoms with van der Waals surface area (Å²) in [7, 11) is -3.90. The van der Waals surface area contributed by atoms with E-state index in [-0.39, 0.29) is 11.4 Å². The summed E-state index contributed by atoms with van der Waals surface area (Å²) in [5.41, 5.74) is -1.05. The number of rotatable bonds is 7. The molecule has 0 radical (unpaired) electrons. The van der Waals surface area contributed by atoms with Gasteiger partial charge in [0.25, 0.3) is 5.91 Å². The lowest BCUT2D eigenvalue weighted by atomic mass is 10.1. The molecule has 0 aromatic heterocycles. The molecular formula is C22H24F3N3O5S. The van der Waals surface area contributed by atoms with Crippen LogP contribution in [0.25, 0.3) is 0 Å². The fraction of sp³-hybridized carbons (Fsp3) is 0.364. The second-order valence-electron chi connectivity index (χ2n) is 7.85. The lowest BCUT2D eigenvalue weighted by molar-refractivity contribution is -0.137. The predicted octanol–water partition coefficient (Wildman–Crippen LogP) is 3.54. The molecule has 0 spiro atoms. The quantitative estimate of drug-likeness (QED) is 0.607. The Morgan fingerprint density at radius 1 is 1.15 bits per heavy atom. The molecule has 2 aromatic carbocycles. The Kier molecular flexibility index (Phi) is 7.51.